The molecular weight excluding hydrogens is 333 g/mol. The van der Waals surface area contributed by atoms with Crippen molar-refractivity contribution in [1.82, 2.24) is 14.8 Å². The van der Waals surface area contributed by atoms with Crippen LogP contribution in [0.4, 0.5) is 0 Å². The van der Waals surface area contributed by atoms with Gasteiger partial charge in [0.05, 0.1) is 5.25 Å². The number of rotatable bonds is 3. The van der Waals surface area contributed by atoms with E-state index < -0.39 is 15.1 Å². The van der Waals surface area contributed by atoms with Crippen molar-refractivity contribution >= 4 is 33.0 Å². The van der Waals surface area contributed by atoms with Crippen LogP contribution in [0.25, 0.3) is 0 Å². The fraction of sp³-hybridized carbons (Fsp3) is 0.385. The minimum Gasteiger partial charge on any atom is -0.320 e. The highest BCUT2D eigenvalue weighted by Crippen LogP contribution is 2.42. The lowest BCUT2D eigenvalue weighted by Crippen LogP contribution is -2.15. The van der Waals surface area contributed by atoms with E-state index in [0.717, 1.165) is 11.1 Å². The molecule has 3 rings (SSSR count). The number of sulfone groups is 1. The van der Waals surface area contributed by atoms with E-state index in [1.165, 1.54) is 6.33 Å². The number of nitrogens with zero attached hydrogens (tertiary/aromatic N) is 3. The summed E-state index contributed by atoms with van der Waals surface area (Å²) >= 11 is 12.2. The Bertz CT molecular complexity index is 802. The van der Waals surface area contributed by atoms with Crippen LogP contribution >= 0.6 is 23.2 Å². The maximum Gasteiger partial charge on any atom is 0.164 e. The van der Waals surface area contributed by atoms with Gasteiger partial charge in [-0.1, -0.05) is 23.2 Å². The molecule has 0 fully saturated rings. The van der Waals surface area contributed by atoms with Gasteiger partial charge < -0.3 is 4.57 Å². The van der Waals surface area contributed by atoms with Crippen LogP contribution in [-0.2, 0) is 29.1 Å². The van der Waals surface area contributed by atoms with E-state index in [0.29, 0.717) is 28.7 Å². The predicted octanol–water partition coefficient (Wildman–Crippen LogP) is 2.72. The molecule has 0 N–H and O–H groups in total. The summed E-state index contributed by atoms with van der Waals surface area (Å²) in [5.41, 5.74) is 1.60. The second-order valence-corrected chi connectivity index (χ2v) is 8.18. The second-order valence-electron chi connectivity index (χ2n) is 5.15. The van der Waals surface area contributed by atoms with E-state index in [-0.39, 0.29) is 5.75 Å². The summed E-state index contributed by atoms with van der Waals surface area (Å²) in [5.74, 6) is 0.286. The molecule has 1 aliphatic carbocycles. The molecule has 0 saturated heterocycles. The molecule has 8 heteroatoms. The van der Waals surface area contributed by atoms with Gasteiger partial charge in [0.15, 0.2) is 9.84 Å². The van der Waals surface area contributed by atoms with Crippen molar-refractivity contribution in [2.45, 2.75) is 23.8 Å². The summed E-state index contributed by atoms with van der Waals surface area (Å²) < 4.78 is 27.0. The molecule has 1 aromatic heterocycles. The third kappa shape index (κ3) is 2.67. The van der Waals surface area contributed by atoms with E-state index >= 15 is 0 Å². The first-order chi connectivity index (χ1) is 9.88. The van der Waals surface area contributed by atoms with E-state index in [1.54, 1.807) is 23.7 Å². The van der Waals surface area contributed by atoms with Crippen molar-refractivity contribution in [3.8, 4) is 0 Å². The Hall–Kier alpha value is -1.11. The summed E-state index contributed by atoms with van der Waals surface area (Å²) in [6, 6.07) is 3.36. The first kappa shape index (κ1) is 14.8. The summed E-state index contributed by atoms with van der Waals surface area (Å²) in [7, 11) is -1.67. The van der Waals surface area contributed by atoms with Crippen molar-refractivity contribution in [1.29, 1.82) is 0 Å². The molecule has 1 unspecified atom stereocenters. The van der Waals surface area contributed by atoms with Crippen LogP contribution < -0.4 is 0 Å². The molecule has 0 bridgehead atoms. The molecule has 0 saturated carbocycles. The maximum atomic E-state index is 12.7. The largest absolute Gasteiger partial charge is 0.320 e. The number of hydrogen-bond acceptors (Lipinski definition) is 4. The van der Waals surface area contributed by atoms with Gasteiger partial charge in [-0.25, -0.2) is 8.42 Å². The Morgan fingerprint density at radius 3 is 2.81 bits per heavy atom. The summed E-state index contributed by atoms with van der Waals surface area (Å²) in [4.78, 5) is 0. The molecule has 0 spiro atoms. The van der Waals surface area contributed by atoms with Gasteiger partial charge in [0.2, 0.25) is 0 Å². The molecule has 1 aliphatic rings. The lowest BCUT2D eigenvalue weighted by Gasteiger charge is -2.13. The van der Waals surface area contributed by atoms with Gasteiger partial charge in [0.25, 0.3) is 0 Å². The van der Waals surface area contributed by atoms with Crippen molar-refractivity contribution in [3.63, 3.8) is 0 Å². The average Bonchev–Trinajstić information content (AvgIpc) is 2.96. The zero-order chi connectivity index (χ0) is 15.2. The Labute approximate surface area is 132 Å². The number of fused-ring (bicyclic) bond motifs is 1. The minimum absolute atomic E-state index is 0.141. The smallest absolute Gasteiger partial charge is 0.164 e. The van der Waals surface area contributed by atoms with Crippen LogP contribution in [0.5, 0.6) is 0 Å². The highest BCUT2D eigenvalue weighted by molar-refractivity contribution is 7.90. The molecule has 2 aromatic rings. The van der Waals surface area contributed by atoms with E-state index in [9.17, 15) is 8.42 Å². The Morgan fingerprint density at radius 1 is 1.38 bits per heavy atom. The number of aromatic nitrogens is 3. The normalized spacial score (nSPS) is 18.0. The van der Waals surface area contributed by atoms with Crippen LogP contribution in [0.1, 0.15) is 28.6 Å². The molecule has 1 aromatic carbocycles. The van der Waals surface area contributed by atoms with Gasteiger partial charge in [-0.05, 0) is 36.1 Å². The van der Waals surface area contributed by atoms with Crippen LogP contribution in [-0.4, -0.2) is 23.2 Å². The Balaban J connectivity index is 1.98. The van der Waals surface area contributed by atoms with Gasteiger partial charge in [-0.3, -0.25) is 0 Å². The molecular formula is C13H13Cl2N3O2S. The van der Waals surface area contributed by atoms with Gasteiger partial charge >= 0.3 is 0 Å². The molecule has 5 nitrogen and oxygen atoms in total. The van der Waals surface area contributed by atoms with Crippen molar-refractivity contribution < 1.29 is 8.42 Å². The highest BCUT2D eigenvalue weighted by Gasteiger charge is 2.35. The monoisotopic (exact) mass is 345 g/mol. The second kappa shape index (κ2) is 5.26. The average molecular weight is 346 g/mol. The van der Waals surface area contributed by atoms with Crippen molar-refractivity contribution in [2.75, 3.05) is 0 Å². The SMILES string of the molecule is Cn1cnnc1CS(=O)(=O)C1CCc2c(Cl)cc(Cl)cc21. The van der Waals surface area contributed by atoms with E-state index in [4.69, 9.17) is 23.2 Å². The highest BCUT2D eigenvalue weighted by atomic mass is 35.5. The van der Waals surface area contributed by atoms with Crippen molar-refractivity contribution in [2.24, 2.45) is 7.05 Å². The maximum absolute atomic E-state index is 12.7. The van der Waals surface area contributed by atoms with Gasteiger partial charge in [0.1, 0.15) is 17.9 Å². The molecule has 0 radical (unpaired) electrons. The van der Waals surface area contributed by atoms with Gasteiger partial charge in [-0.2, -0.15) is 0 Å². The van der Waals surface area contributed by atoms with Crippen molar-refractivity contribution in [3.05, 3.63) is 45.5 Å². The third-order valence-corrected chi connectivity index (χ3v) is 6.34. The van der Waals surface area contributed by atoms with Gasteiger partial charge in [-0.15, -0.1) is 10.2 Å². The fourth-order valence-electron chi connectivity index (χ4n) is 2.70. The lowest BCUT2D eigenvalue weighted by atomic mass is 10.1. The topological polar surface area (TPSA) is 64.8 Å². The predicted molar refractivity (Wildman–Crippen MR) is 81.2 cm³/mol. The Morgan fingerprint density at radius 2 is 2.14 bits per heavy atom. The Kier molecular flexibility index (Phi) is 3.71. The molecule has 0 amide bonds. The van der Waals surface area contributed by atoms with E-state index in [2.05, 4.69) is 10.2 Å². The zero-order valence-electron chi connectivity index (χ0n) is 11.3. The summed E-state index contributed by atoms with van der Waals surface area (Å²) in [6.07, 6.45) is 2.66. The van der Waals surface area contributed by atoms with Crippen LogP contribution in [0, 0.1) is 0 Å². The van der Waals surface area contributed by atoms with Crippen LogP contribution in [0.2, 0.25) is 10.0 Å². The standard InChI is InChI=1S/C13H13Cl2N3O2S/c1-18-7-16-17-13(18)6-21(19,20)12-3-2-9-10(12)4-8(14)5-11(9)15/h4-5,7,12H,2-3,6H2,1H3. The molecule has 0 aliphatic heterocycles. The fourth-order valence-corrected chi connectivity index (χ4v) is 5.20. The zero-order valence-corrected chi connectivity index (χ0v) is 13.6. The first-order valence-corrected chi connectivity index (χ1v) is 8.88. The summed E-state index contributed by atoms with van der Waals surface area (Å²) in [5, 5.41) is 7.97. The molecule has 21 heavy (non-hydrogen) atoms. The number of aryl methyl sites for hydroxylation is 1. The van der Waals surface area contributed by atoms with Crippen LogP contribution in [0.3, 0.4) is 0 Å². The number of halogens is 2. The molecule has 1 heterocycles. The van der Waals surface area contributed by atoms with Crippen LogP contribution in [0.15, 0.2) is 18.5 Å². The minimum atomic E-state index is -3.39. The lowest BCUT2D eigenvalue weighted by molar-refractivity contribution is 0.577. The third-order valence-electron chi connectivity index (χ3n) is 3.77. The number of benzene rings is 1. The summed E-state index contributed by atoms with van der Waals surface area (Å²) in [6.45, 7) is 0. The van der Waals surface area contributed by atoms with E-state index in [1.807, 2.05) is 0 Å². The van der Waals surface area contributed by atoms with Gasteiger partial charge in [0, 0.05) is 17.1 Å². The quantitative estimate of drug-likeness (QED) is 0.857. The molecule has 1 atom stereocenters. The number of hydrogen-bond donors (Lipinski definition) is 0. The first-order valence-electron chi connectivity index (χ1n) is 6.41. The molecule has 112 valence electrons.